The van der Waals surface area contributed by atoms with Gasteiger partial charge >= 0.3 is 15.2 Å². The fourth-order valence-electron chi connectivity index (χ4n) is 1.01. The fourth-order valence-corrected chi connectivity index (χ4v) is 1.86. The van der Waals surface area contributed by atoms with Gasteiger partial charge in [0.05, 0.1) is 0 Å². The molecule has 0 unspecified atom stereocenters. The van der Waals surface area contributed by atoms with Crippen LogP contribution in [-0.2, 0) is 9.13 Å². The van der Waals surface area contributed by atoms with Crippen molar-refractivity contribution in [2.75, 3.05) is 0 Å². The Bertz CT molecular complexity index is 549. The Labute approximate surface area is 107 Å². The zero-order chi connectivity index (χ0) is 14.8. The van der Waals surface area contributed by atoms with E-state index in [2.05, 4.69) is 0 Å². The third-order valence-corrected chi connectivity index (χ3v) is 2.71. The Hall–Kier alpha value is -1.48. The van der Waals surface area contributed by atoms with Gasteiger partial charge in [0, 0.05) is 0 Å². The number of amides is 2. The molecule has 0 bridgehead atoms. The lowest BCUT2D eigenvalue weighted by molar-refractivity contribution is 0.0930. The predicted molar refractivity (Wildman–Crippen MR) is 65.6 cm³/mol. The lowest BCUT2D eigenvalue weighted by Gasteiger charge is -2.07. The number of hydrogen-bond donors (Lipinski definition) is 6. The topological polar surface area (TPSA) is 210 Å². The van der Waals surface area contributed by atoms with Crippen molar-refractivity contribution in [2.45, 2.75) is 0 Å². The molecule has 1 rings (SSSR count). The molecule has 19 heavy (non-hydrogen) atoms. The zero-order valence-electron chi connectivity index (χ0n) is 9.40. The molecule has 2 amide bonds. The Morgan fingerprint density at radius 3 is 1.47 bits per heavy atom. The van der Waals surface area contributed by atoms with Crippen molar-refractivity contribution < 1.29 is 23.1 Å². The highest BCUT2D eigenvalue weighted by Crippen LogP contribution is 2.21. The van der Waals surface area contributed by atoms with Gasteiger partial charge in [-0.15, -0.1) is 0 Å². The van der Waals surface area contributed by atoms with Crippen molar-refractivity contribution in [3.05, 3.63) is 23.7 Å². The van der Waals surface area contributed by atoms with Gasteiger partial charge < -0.3 is 4.42 Å². The minimum Gasteiger partial charge on any atom is -0.446 e. The number of nitrogens with two attached hydrogens (primary N) is 4. The van der Waals surface area contributed by atoms with Crippen molar-refractivity contribution in [3.8, 4) is 0 Å². The van der Waals surface area contributed by atoms with E-state index in [0.717, 1.165) is 12.1 Å². The molecule has 13 heteroatoms. The molecule has 1 heterocycles. The first kappa shape index (κ1) is 15.6. The monoisotopic (exact) mass is 310 g/mol. The van der Waals surface area contributed by atoms with Crippen LogP contribution in [0, 0.1) is 0 Å². The first-order chi connectivity index (χ1) is 8.48. The molecule has 0 spiro atoms. The SMILES string of the molecule is NP(N)(=O)NC(=O)c1ccc(C(=O)NP(N)(N)=O)o1. The maximum Gasteiger partial charge on any atom is 0.300 e. The summed E-state index contributed by atoms with van der Waals surface area (Å²) >= 11 is 0. The molecule has 0 aliphatic carbocycles. The van der Waals surface area contributed by atoms with E-state index in [1.165, 1.54) is 0 Å². The van der Waals surface area contributed by atoms with Crippen molar-refractivity contribution in [1.82, 2.24) is 10.2 Å². The molecule has 1 aromatic heterocycles. The molecule has 0 saturated carbocycles. The third kappa shape index (κ3) is 5.35. The summed E-state index contributed by atoms with van der Waals surface area (Å²) in [5, 5.41) is 3.56. The zero-order valence-corrected chi connectivity index (χ0v) is 11.2. The number of nitrogens with one attached hydrogen (secondary N) is 2. The molecule has 0 aromatic carbocycles. The number of rotatable bonds is 4. The molecule has 10 N–H and O–H groups in total. The average Bonchev–Trinajstić information content (AvgIpc) is 2.60. The fraction of sp³-hybridized carbons (Fsp3) is 0. The van der Waals surface area contributed by atoms with Crippen LogP contribution in [0.5, 0.6) is 0 Å². The average molecular weight is 310 g/mol. The Morgan fingerprint density at radius 1 is 0.895 bits per heavy atom. The van der Waals surface area contributed by atoms with E-state index >= 15 is 0 Å². The summed E-state index contributed by atoms with van der Waals surface area (Å²) in [6.45, 7) is 0. The second-order valence-corrected chi connectivity index (χ2v) is 6.75. The Kier molecular flexibility index (Phi) is 4.31. The van der Waals surface area contributed by atoms with Crippen LogP contribution in [0.1, 0.15) is 21.1 Å². The van der Waals surface area contributed by atoms with Gasteiger partial charge in [-0.05, 0) is 12.1 Å². The van der Waals surface area contributed by atoms with Crippen LogP contribution in [0.15, 0.2) is 16.5 Å². The maximum atomic E-state index is 11.4. The molecule has 1 aromatic rings. The third-order valence-electron chi connectivity index (χ3n) is 1.61. The van der Waals surface area contributed by atoms with Gasteiger partial charge in [0.25, 0.3) is 11.8 Å². The molecule has 0 fully saturated rings. The quantitative estimate of drug-likeness (QED) is 0.368. The molecule has 0 saturated heterocycles. The molecular weight excluding hydrogens is 298 g/mol. The Morgan fingerprint density at radius 2 is 1.21 bits per heavy atom. The number of hydrogen-bond acceptors (Lipinski definition) is 5. The summed E-state index contributed by atoms with van der Waals surface area (Å²) in [5.74, 6) is -2.69. The van der Waals surface area contributed by atoms with Crippen LogP contribution in [-0.4, -0.2) is 11.8 Å². The second kappa shape index (κ2) is 5.25. The first-order valence-electron chi connectivity index (χ1n) is 4.57. The van der Waals surface area contributed by atoms with Crippen molar-refractivity contribution >= 4 is 27.0 Å². The minimum absolute atomic E-state index is 0.370. The highest BCUT2D eigenvalue weighted by atomic mass is 31.2. The molecule has 0 aliphatic heterocycles. The molecule has 0 radical (unpaired) electrons. The van der Waals surface area contributed by atoms with Gasteiger partial charge in [-0.2, -0.15) is 0 Å². The summed E-state index contributed by atoms with van der Waals surface area (Å²) in [7, 11) is -7.56. The smallest absolute Gasteiger partial charge is 0.300 e. The molecular formula is C6H12N6O5P2. The lowest BCUT2D eigenvalue weighted by atomic mass is 10.4. The van der Waals surface area contributed by atoms with E-state index in [0.29, 0.717) is 0 Å². The van der Waals surface area contributed by atoms with Crippen LogP contribution >= 0.6 is 15.2 Å². The normalized spacial score (nSPS) is 12.0. The van der Waals surface area contributed by atoms with E-state index in [1.54, 1.807) is 10.2 Å². The predicted octanol–water partition coefficient (Wildman–Crippen LogP) is -1.21. The van der Waals surface area contributed by atoms with E-state index in [-0.39, 0.29) is 11.5 Å². The summed E-state index contributed by atoms with van der Waals surface area (Å²) in [6, 6.07) is 2.19. The second-order valence-electron chi connectivity index (χ2n) is 3.46. The van der Waals surface area contributed by atoms with Gasteiger partial charge in [-0.3, -0.25) is 50.9 Å². The molecule has 11 nitrogen and oxygen atoms in total. The van der Waals surface area contributed by atoms with Crippen LogP contribution in [0.3, 0.4) is 0 Å². The summed E-state index contributed by atoms with van der Waals surface area (Å²) in [6.07, 6.45) is 0. The number of carbonyl (C=O) groups excluding carboxylic acids is 2. The number of furan rings is 1. The van der Waals surface area contributed by atoms with Crippen molar-refractivity contribution in [2.24, 2.45) is 22.0 Å². The molecule has 106 valence electrons. The first-order valence-corrected chi connectivity index (χ1v) is 8.26. The van der Waals surface area contributed by atoms with Crippen molar-refractivity contribution in [1.29, 1.82) is 0 Å². The summed E-state index contributed by atoms with van der Waals surface area (Å²) in [4.78, 5) is 22.8. The Balaban J connectivity index is 2.83. The van der Waals surface area contributed by atoms with Gasteiger partial charge in [0.2, 0.25) is 0 Å². The van der Waals surface area contributed by atoms with Gasteiger partial charge in [0.1, 0.15) is 0 Å². The van der Waals surface area contributed by atoms with Gasteiger partial charge in [0.15, 0.2) is 11.5 Å². The largest absolute Gasteiger partial charge is 0.446 e. The standard InChI is InChI=1S/C6H12N6O5P2/c7-18(8,15)11-5(13)3-1-2-4(17-3)6(14)12-19(9,10)16/h1-2H,(H5,7,8,11,13,15)(H5,9,10,12,14,16). The summed E-state index contributed by atoms with van der Waals surface area (Å²) in [5.41, 5.74) is 19.7. The van der Waals surface area contributed by atoms with Crippen molar-refractivity contribution in [3.63, 3.8) is 0 Å². The number of carbonyl (C=O) groups is 2. The lowest BCUT2D eigenvalue weighted by Crippen LogP contribution is -2.29. The van der Waals surface area contributed by atoms with Gasteiger partial charge in [-0.25, -0.2) is 0 Å². The highest BCUT2D eigenvalue weighted by molar-refractivity contribution is 7.57. The maximum absolute atomic E-state index is 11.4. The van der Waals surface area contributed by atoms with Crippen LogP contribution < -0.4 is 32.2 Å². The van der Waals surface area contributed by atoms with Crippen LogP contribution in [0.4, 0.5) is 0 Å². The van der Waals surface area contributed by atoms with Crippen LogP contribution in [0.2, 0.25) is 0 Å². The van der Waals surface area contributed by atoms with E-state index in [1.807, 2.05) is 0 Å². The van der Waals surface area contributed by atoms with Gasteiger partial charge in [-0.1, -0.05) is 0 Å². The van der Waals surface area contributed by atoms with E-state index < -0.39 is 27.0 Å². The molecule has 0 atom stereocenters. The van der Waals surface area contributed by atoms with Crippen LogP contribution in [0.25, 0.3) is 0 Å². The van der Waals surface area contributed by atoms with E-state index in [9.17, 15) is 18.7 Å². The summed E-state index contributed by atoms with van der Waals surface area (Å²) < 4.78 is 26.7. The van der Waals surface area contributed by atoms with E-state index in [4.69, 9.17) is 26.4 Å². The molecule has 0 aliphatic rings. The minimum atomic E-state index is -3.78. The highest BCUT2D eigenvalue weighted by Gasteiger charge is 2.22.